The van der Waals surface area contributed by atoms with Crippen LogP contribution in [0.25, 0.3) is 0 Å². The maximum atomic E-state index is 12.0. The van der Waals surface area contributed by atoms with Gasteiger partial charge in [-0.25, -0.2) is 4.79 Å². The Labute approximate surface area is 154 Å². The number of carbonyl (C=O) groups excluding carboxylic acids is 1. The molecule has 0 aliphatic rings. The number of hydrogen-bond donors (Lipinski definition) is 2. The van der Waals surface area contributed by atoms with Crippen LogP contribution in [-0.2, 0) is 0 Å². The van der Waals surface area contributed by atoms with Gasteiger partial charge in [0.15, 0.2) is 0 Å². The molecule has 7 heteroatoms. The maximum absolute atomic E-state index is 12.0. The van der Waals surface area contributed by atoms with E-state index in [2.05, 4.69) is 21.2 Å². The summed E-state index contributed by atoms with van der Waals surface area (Å²) < 4.78 is 6.48. The summed E-state index contributed by atoms with van der Waals surface area (Å²) in [5.41, 5.74) is 0.697. The van der Waals surface area contributed by atoms with E-state index in [1.807, 2.05) is 6.07 Å². The Balaban J connectivity index is 1.71. The third kappa shape index (κ3) is 5.32. The standard InChI is InChI=1S/C17H18BrClN2O3/c1-21(13-4-6-14(22)7-5-13)17(23)20-9-2-10-24-16-8-3-12(18)11-15(16)19/h3-8,11,22H,2,9-10H2,1H3,(H,20,23). The molecule has 0 bridgehead atoms. The zero-order chi connectivity index (χ0) is 17.5. The normalized spacial score (nSPS) is 10.3. The molecule has 2 amide bonds. The number of phenols is 1. The van der Waals surface area contributed by atoms with Crippen LogP contribution >= 0.6 is 27.5 Å². The van der Waals surface area contributed by atoms with Gasteiger partial charge in [0, 0.05) is 23.8 Å². The van der Waals surface area contributed by atoms with E-state index in [4.69, 9.17) is 16.3 Å². The number of anilines is 1. The first kappa shape index (κ1) is 18.4. The number of halogens is 2. The summed E-state index contributed by atoms with van der Waals surface area (Å²) in [5, 5.41) is 12.6. The van der Waals surface area contributed by atoms with Crippen LogP contribution in [0.15, 0.2) is 46.9 Å². The highest BCUT2D eigenvalue weighted by Crippen LogP contribution is 2.27. The number of nitrogens with one attached hydrogen (secondary N) is 1. The first-order valence-corrected chi connectivity index (χ1v) is 8.53. The lowest BCUT2D eigenvalue weighted by Gasteiger charge is -2.18. The van der Waals surface area contributed by atoms with Crippen LogP contribution in [0, 0.1) is 0 Å². The average Bonchev–Trinajstić information content (AvgIpc) is 2.56. The SMILES string of the molecule is CN(C(=O)NCCCOc1ccc(Br)cc1Cl)c1ccc(O)cc1. The van der Waals surface area contributed by atoms with Crippen molar-refractivity contribution in [2.24, 2.45) is 0 Å². The van der Waals surface area contributed by atoms with Crippen LogP contribution in [0.2, 0.25) is 5.02 Å². The minimum absolute atomic E-state index is 0.163. The van der Waals surface area contributed by atoms with Gasteiger partial charge in [-0.3, -0.25) is 4.90 Å². The zero-order valence-corrected chi connectivity index (χ0v) is 15.5. The molecule has 0 heterocycles. The van der Waals surface area contributed by atoms with E-state index in [0.717, 1.165) is 4.47 Å². The number of phenolic OH excluding ortho intramolecular Hbond substituents is 1. The smallest absolute Gasteiger partial charge is 0.321 e. The zero-order valence-electron chi connectivity index (χ0n) is 13.1. The number of nitrogens with zero attached hydrogens (tertiary/aromatic N) is 1. The lowest BCUT2D eigenvalue weighted by Crippen LogP contribution is -2.38. The van der Waals surface area contributed by atoms with Gasteiger partial charge in [0.2, 0.25) is 0 Å². The van der Waals surface area contributed by atoms with Crippen molar-refractivity contribution in [2.75, 3.05) is 25.1 Å². The highest BCUT2D eigenvalue weighted by molar-refractivity contribution is 9.10. The number of benzene rings is 2. The Morgan fingerprint density at radius 2 is 2.00 bits per heavy atom. The summed E-state index contributed by atoms with van der Waals surface area (Å²) in [6.45, 7) is 0.931. The van der Waals surface area contributed by atoms with Crippen LogP contribution in [-0.4, -0.2) is 31.3 Å². The molecule has 0 atom stereocenters. The van der Waals surface area contributed by atoms with Crippen molar-refractivity contribution < 1.29 is 14.6 Å². The molecule has 0 aromatic heterocycles. The van der Waals surface area contributed by atoms with Crippen LogP contribution in [0.1, 0.15) is 6.42 Å². The second-order valence-corrected chi connectivity index (χ2v) is 6.41. The molecule has 128 valence electrons. The molecule has 2 N–H and O–H groups in total. The molecule has 0 aliphatic carbocycles. The highest BCUT2D eigenvalue weighted by atomic mass is 79.9. The summed E-state index contributed by atoms with van der Waals surface area (Å²) in [6.07, 6.45) is 0.654. The molecule has 0 spiro atoms. The molecule has 0 aliphatic heterocycles. The summed E-state index contributed by atoms with van der Waals surface area (Å²) in [4.78, 5) is 13.5. The van der Waals surface area contributed by atoms with Crippen molar-refractivity contribution in [2.45, 2.75) is 6.42 Å². The molecule has 24 heavy (non-hydrogen) atoms. The summed E-state index contributed by atoms with van der Waals surface area (Å²) in [5.74, 6) is 0.781. The average molecular weight is 414 g/mol. The Kier molecular flexibility index (Phi) is 6.75. The van der Waals surface area contributed by atoms with E-state index < -0.39 is 0 Å². The fraction of sp³-hybridized carbons (Fsp3) is 0.235. The monoisotopic (exact) mass is 412 g/mol. The molecule has 5 nitrogen and oxygen atoms in total. The molecule has 0 radical (unpaired) electrons. The van der Waals surface area contributed by atoms with Gasteiger partial charge in [0.25, 0.3) is 0 Å². The van der Waals surface area contributed by atoms with Crippen molar-refractivity contribution in [1.29, 1.82) is 0 Å². The first-order chi connectivity index (χ1) is 11.5. The third-order valence-electron chi connectivity index (χ3n) is 3.29. The summed E-state index contributed by atoms with van der Waals surface area (Å²) in [7, 11) is 1.67. The number of ether oxygens (including phenoxy) is 1. The Hall–Kier alpha value is -1.92. The van der Waals surface area contributed by atoms with Gasteiger partial charge in [0.1, 0.15) is 11.5 Å². The largest absolute Gasteiger partial charge is 0.508 e. The topological polar surface area (TPSA) is 61.8 Å². The molecule has 0 unspecified atom stereocenters. The number of amides is 2. The van der Waals surface area contributed by atoms with Crippen LogP contribution in [0.3, 0.4) is 0 Å². The van der Waals surface area contributed by atoms with Gasteiger partial charge >= 0.3 is 6.03 Å². The van der Waals surface area contributed by atoms with E-state index in [1.165, 1.54) is 17.0 Å². The van der Waals surface area contributed by atoms with Crippen molar-refractivity contribution in [1.82, 2.24) is 5.32 Å². The lowest BCUT2D eigenvalue weighted by molar-refractivity contribution is 0.245. The number of carbonyl (C=O) groups is 1. The second kappa shape index (κ2) is 8.80. The Bertz CT molecular complexity index is 695. The first-order valence-electron chi connectivity index (χ1n) is 7.36. The van der Waals surface area contributed by atoms with Gasteiger partial charge in [-0.2, -0.15) is 0 Å². The van der Waals surface area contributed by atoms with Crippen LogP contribution < -0.4 is 15.0 Å². The molecule has 0 saturated heterocycles. The predicted molar refractivity (Wildman–Crippen MR) is 99.2 cm³/mol. The number of aromatic hydroxyl groups is 1. The van der Waals surface area contributed by atoms with E-state index in [0.29, 0.717) is 36.0 Å². The molecule has 0 fully saturated rings. The van der Waals surface area contributed by atoms with Gasteiger partial charge < -0.3 is 15.2 Å². The molecule has 2 rings (SSSR count). The van der Waals surface area contributed by atoms with Crippen molar-refractivity contribution in [3.63, 3.8) is 0 Å². The second-order valence-electron chi connectivity index (χ2n) is 5.08. The Morgan fingerprint density at radius 3 is 2.67 bits per heavy atom. The third-order valence-corrected chi connectivity index (χ3v) is 4.08. The fourth-order valence-electron chi connectivity index (χ4n) is 1.95. The van der Waals surface area contributed by atoms with Crippen LogP contribution in [0.5, 0.6) is 11.5 Å². The summed E-state index contributed by atoms with van der Waals surface area (Å²) in [6, 6.07) is 11.6. The minimum Gasteiger partial charge on any atom is -0.508 e. The van der Waals surface area contributed by atoms with Crippen molar-refractivity contribution in [3.8, 4) is 11.5 Å². The quantitative estimate of drug-likeness (QED) is 0.689. The van der Waals surface area contributed by atoms with Crippen molar-refractivity contribution in [3.05, 3.63) is 52.0 Å². The van der Waals surface area contributed by atoms with Gasteiger partial charge in [-0.05, 0) is 48.9 Å². The highest BCUT2D eigenvalue weighted by Gasteiger charge is 2.10. The van der Waals surface area contributed by atoms with E-state index in [-0.39, 0.29) is 11.8 Å². The number of rotatable bonds is 6. The lowest BCUT2D eigenvalue weighted by atomic mass is 10.3. The van der Waals surface area contributed by atoms with Gasteiger partial charge in [-0.15, -0.1) is 0 Å². The molecule has 0 saturated carbocycles. The van der Waals surface area contributed by atoms with Gasteiger partial charge in [0.05, 0.1) is 11.6 Å². The number of urea groups is 1. The van der Waals surface area contributed by atoms with E-state index in [9.17, 15) is 9.90 Å². The molecule has 2 aromatic carbocycles. The maximum Gasteiger partial charge on any atom is 0.321 e. The minimum atomic E-state index is -0.220. The van der Waals surface area contributed by atoms with E-state index in [1.54, 1.807) is 31.3 Å². The Morgan fingerprint density at radius 1 is 1.29 bits per heavy atom. The number of hydrogen-bond acceptors (Lipinski definition) is 3. The molecular formula is C17H18BrClN2O3. The molecule has 2 aromatic rings. The van der Waals surface area contributed by atoms with Crippen molar-refractivity contribution >= 4 is 39.2 Å². The predicted octanol–water partition coefficient (Wildman–Crippen LogP) is 4.42. The fourth-order valence-corrected chi connectivity index (χ4v) is 2.68. The molecular weight excluding hydrogens is 396 g/mol. The van der Waals surface area contributed by atoms with Gasteiger partial charge in [-0.1, -0.05) is 27.5 Å². The van der Waals surface area contributed by atoms with Crippen LogP contribution in [0.4, 0.5) is 10.5 Å². The summed E-state index contributed by atoms with van der Waals surface area (Å²) >= 11 is 9.40. The van der Waals surface area contributed by atoms with E-state index >= 15 is 0 Å².